The van der Waals surface area contributed by atoms with Gasteiger partial charge in [0.1, 0.15) is 0 Å². The normalized spacial score (nSPS) is 16.2. The molecule has 1 unspecified atom stereocenters. The summed E-state index contributed by atoms with van der Waals surface area (Å²) in [5.41, 5.74) is 4.04. The van der Waals surface area contributed by atoms with Gasteiger partial charge < -0.3 is 0 Å². The summed E-state index contributed by atoms with van der Waals surface area (Å²) in [7, 11) is 0. The molecule has 3 aromatic rings. The number of nitrogens with zero attached hydrogens (tertiary/aromatic N) is 1. The number of fused-ring (bicyclic) bond motifs is 1. The monoisotopic (exact) mass is 557 g/mol. The van der Waals surface area contributed by atoms with E-state index in [-0.39, 0.29) is 5.78 Å². The van der Waals surface area contributed by atoms with Gasteiger partial charge in [0.2, 0.25) is 0 Å². The molecule has 28 heavy (non-hydrogen) atoms. The van der Waals surface area contributed by atoms with Crippen molar-refractivity contribution < 1.29 is 4.79 Å². The number of allylic oxidation sites excluding steroid dienone is 1. The fraction of sp³-hybridized carbons (Fsp3) is 0.0435. The molecule has 2 nitrogen and oxygen atoms in total. The Bertz CT molecular complexity index is 1120. The maximum Gasteiger partial charge on any atom is 0.178 e. The molecule has 0 aliphatic carbocycles. The van der Waals surface area contributed by atoms with Crippen LogP contribution in [0.25, 0.3) is 6.08 Å². The number of rotatable bonds is 3. The Morgan fingerprint density at radius 2 is 1.54 bits per heavy atom. The zero-order chi connectivity index (χ0) is 19.7. The summed E-state index contributed by atoms with van der Waals surface area (Å²) in [6.45, 7) is 0. The van der Waals surface area contributed by atoms with Gasteiger partial charge in [0.15, 0.2) is 5.78 Å². The molecular weight excluding hydrogens is 546 g/mol. The van der Waals surface area contributed by atoms with Gasteiger partial charge in [-0.05, 0) is 59.7 Å². The number of carbonyl (C=O) groups excluding carboxylic acids is 1. The largest absolute Gasteiger partial charge is 0.293 e. The summed E-state index contributed by atoms with van der Waals surface area (Å²) in [6, 6.07) is 21.4. The second-order valence-corrected chi connectivity index (χ2v) is 9.09. The average Bonchev–Trinajstić information content (AvgIpc) is 2.70. The minimum absolute atomic E-state index is 0.0554. The lowest BCUT2D eigenvalue weighted by Gasteiger charge is -2.23. The molecule has 0 saturated heterocycles. The Balaban J connectivity index is 1.83. The van der Waals surface area contributed by atoms with Gasteiger partial charge in [-0.1, -0.05) is 78.1 Å². The third kappa shape index (κ3) is 3.97. The second kappa shape index (κ2) is 8.27. The molecule has 0 N–H and O–H groups in total. The van der Waals surface area contributed by atoms with Crippen LogP contribution in [-0.2, 0) is 0 Å². The fourth-order valence-electron chi connectivity index (χ4n) is 3.20. The predicted octanol–water partition coefficient (Wildman–Crippen LogP) is 7.74. The lowest BCUT2D eigenvalue weighted by Crippen LogP contribution is -2.24. The summed E-state index contributed by atoms with van der Waals surface area (Å²) in [6.07, 6.45) is 3.93. The summed E-state index contributed by atoms with van der Waals surface area (Å²) in [4.78, 5) is 18.2. The Labute approximate surface area is 188 Å². The van der Waals surface area contributed by atoms with Crippen LogP contribution in [-0.4, -0.2) is 11.5 Å². The highest BCUT2D eigenvalue weighted by Crippen LogP contribution is 2.38. The third-order valence-corrected chi connectivity index (χ3v) is 6.31. The van der Waals surface area contributed by atoms with E-state index in [1.807, 2.05) is 78.9 Å². The van der Waals surface area contributed by atoms with Crippen LogP contribution in [0.5, 0.6) is 0 Å². The molecule has 0 saturated carbocycles. The van der Waals surface area contributed by atoms with Gasteiger partial charge in [-0.3, -0.25) is 9.79 Å². The number of Topliss-reactive ketones (excluding diaryl/α,β-unsaturated/α-hetero) is 1. The summed E-state index contributed by atoms with van der Waals surface area (Å²) >= 11 is 10.6. The molecule has 1 aliphatic heterocycles. The topological polar surface area (TPSA) is 29.4 Å². The molecule has 0 aromatic heterocycles. The van der Waals surface area contributed by atoms with Crippen molar-refractivity contribution in [3.63, 3.8) is 0 Å². The van der Waals surface area contributed by atoms with Gasteiger partial charge in [0.25, 0.3) is 0 Å². The van der Waals surface area contributed by atoms with Crippen LogP contribution in [0.1, 0.15) is 27.4 Å². The molecule has 3 aromatic carbocycles. The summed E-state index contributed by atoms with van der Waals surface area (Å²) < 4.78 is 2.84. The highest BCUT2D eigenvalue weighted by atomic mass is 79.9. The molecule has 5 heteroatoms. The van der Waals surface area contributed by atoms with Crippen LogP contribution in [0, 0.1) is 0 Å². The van der Waals surface area contributed by atoms with Crippen molar-refractivity contribution in [2.24, 2.45) is 4.99 Å². The van der Waals surface area contributed by atoms with Gasteiger partial charge in [0.05, 0.1) is 17.3 Å². The van der Waals surface area contributed by atoms with E-state index in [1.54, 1.807) is 0 Å². The van der Waals surface area contributed by atoms with E-state index in [4.69, 9.17) is 4.99 Å². The number of para-hydroxylation sites is 1. The van der Waals surface area contributed by atoms with Crippen molar-refractivity contribution in [3.8, 4) is 0 Å². The van der Waals surface area contributed by atoms with Gasteiger partial charge in [-0.25, -0.2) is 0 Å². The van der Waals surface area contributed by atoms with Crippen LogP contribution in [0.4, 0.5) is 5.69 Å². The lowest BCUT2D eigenvalue weighted by molar-refractivity contribution is 0.0981. The minimum atomic E-state index is -0.464. The lowest BCUT2D eigenvalue weighted by atomic mass is 9.83. The van der Waals surface area contributed by atoms with Crippen molar-refractivity contribution in [2.75, 3.05) is 0 Å². The first-order chi connectivity index (χ1) is 13.5. The minimum Gasteiger partial charge on any atom is -0.293 e. The fourth-order valence-corrected chi connectivity index (χ4v) is 4.32. The molecule has 1 atom stereocenters. The van der Waals surface area contributed by atoms with Crippen molar-refractivity contribution in [3.05, 3.63) is 103 Å². The van der Waals surface area contributed by atoms with Crippen LogP contribution < -0.4 is 0 Å². The molecule has 0 bridgehead atoms. The molecule has 0 spiro atoms. The average molecular weight is 560 g/mol. The number of benzene rings is 3. The highest BCUT2D eigenvalue weighted by molar-refractivity contribution is 9.11. The van der Waals surface area contributed by atoms with Crippen molar-refractivity contribution in [1.29, 1.82) is 0 Å². The molecule has 1 heterocycles. The zero-order valence-corrected chi connectivity index (χ0v) is 19.3. The number of carbonyl (C=O) groups is 1. The molecule has 0 fully saturated rings. The van der Waals surface area contributed by atoms with Gasteiger partial charge in [-0.15, -0.1) is 0 Å². The van der Waals surface area contributed by atoms with Crippen LogP contribution in [0.2, 0.25) is 0 Å². The number of aliphatic imine (C=N–C) groups is 1. The standard InChI is InChI=1S/C23H14Br3NO/c24-15-8-5-14(6-9-15)7-12-21-22(18-13-16(25)10-11-19(18)26)23(28)17-3-1-2-4-20(17)27-21/h1-13,22H. The molecule has 0 amide bonds. The maximum absolute atomic E-state index is 13.4. The van der Waals surface area contributed by atoms with E-state index in [0.29, 0.717) is 11.3 Å². The smallest absolute Gasteiger partial charge is 0.178 e. The number of hydrogen-bond donors (Lipinski definition) is 0. The molecular formula is C23H14Br3NO. The zero-order valence-electron chi connectivity index (χ0n) is 14.6. The first-order valence-electron chi connectivity index (χ1n) is 8.63. The SMILES string of the molecule is O=C1c2ccccc2N=C(C=Cc2ccc(Br)cc2)C1c1cc(Br)ccc1Br. The van der Waals surface area contributed by atoms with Crippen molar-refractivity contribution in [1.82, 2.24) is 0 Å². The highest BCUT2D eigenvalue weighted by Gasteiger charge is 2.32. The second-order valence-electron chi connectivity index (χ2n) is 6.40. The number of ketones is 1. The molecule has 4 rings (SSSR count). The first kappa shape index (κ1) is 19.5. The van der Waals surface area contributed by atoms with Crippen molar-refractivity contribution >= 4 is 71.0 Å². The maximum atomic E-state index is 13.4. The van der Waals surface area contributed by atoms with E-state index in [2.05, 4.69) is 47.8 Å². The Hall–Kier alpha value is -1.82. The third-order valence-electron chi connectivity index (χ3n) is 4.56. The van der Waals surface area contributed by atoms with Gasteiger partial charge >= 0.3 is 0 Å². The van der Waals surface area contributed by atoms with E-state index in [0.717, 1.165) is 30.3 Å². The van der Waals surface area contributed by atoms with E-state index in [1.165, 1.54) is 0 Å². The Kier molecular flexibility index (Phi) is 5.76. The van der Waals surface area contributed by atoms with Crippen molar-refractivity contribution in [2.45, 2.75) is 5.92 Å². The van der Waals surface area contributed by atoms with Gasteiger partial charge in [0, 0.05) is 19.0 Å². The van der Waals surface area contributed by atoms with E-state index in [9.17, 15) is 4.79 Å². The number of halogens is 3. The van der Waals surface area contributed by atoms with Crippen LogP contribution >= 0.6 is 47.8 Å². The number of hydrogen-bond acceptors (Lipinski definition) is 2. The predicted molar refractivity (Wildman–Crippen MR) is 126 cm³/mol. The summed E-state index contributed by atoms with van der Waals surface area (Å²) in [5.74, 6) is -0.409. The van der Waals surface area contributed by atoms with E-state index < -0.39 is 5.92 Å². The molecule has 1 aliphatic rings. The summed E-state index contributed by atoms with van der Waals surface area (Å²) in [5, 5.41) is 0. The molecule has 138 valence electrons. The van der Waals surface area contributed by atoms with Crippen LogP contribution in [0.15, 0.2) is 91.2 Å². The van der Waals surface area contributed by atoms with E-state index >= 15 is 0 Å². The quantitative estimate of drug-likeness (QED) is 0.323. The Morgan fingerprint density at radius 3 is 2.32 bits per heavy atom. The molecule has 0 radical (unpaired) electrons. The Morgan fingerprint density at radius 1 is 0.821 bits per heavy atom. The first-order valence-corrected chi connectivity index (χ1v) is 11.0. The van der Waals surface area contributed by atoms with Crippen LogP contribution in [0.3, 0.4) is 0 Å². The van der Waals surface area contributed by atoms with Gasteiger partial charge in [-0.2, -0.15) is 0 Å².